The van der Waals surface area contributed by atoms with E-state index in [4.69, 9.17) is 27.9 Å². The van der Waals surface area contributed by atoms with Crippen LogP contribution in [-0.2, 0) is 17.7 Å². The minimum atomic E-state index is 0.0477. The normalized spacial score (nSPS) is 20.8. The third-order valence-corrected chi connectivity index (χ3v) is 5.27. The molecule has 2 aliphatic heterocycles. The number of hydrogen-bond donors (Lipinski definition) is 1. The summed E-state index contributed by atoms with van der Waals surface area (Å²) in [5, 5.41) is 19.7. The number of ether oxygens (including phenoxy) is 1. The highest BCUT2D eigenvalue weighted by Crippen LogP contribution is 2.42. The number of fused-ring (bicyclic) bond motifs is 1. The number of phenols is 1. The zero-order chi connectivity index (χ0) is 16.0. The molecule has 23 heavy (non-hydrogen) atoms. The van der Waals surface area contributed by atoms with Crippen molar-refractivity contribution in [3.63, 3.8) is 0 Å². The van der Waals surface area contributed by atoms with Crippen LogP contribution in [0.5, 0.6) is 5.75 Å². The molecule has 3 heterocycles. The molecule has 0 spiro atoms. The van der Waals surface area contributed by atoms with E-state index in [1.807, 2.05) is 0 Å². The van der Waals surface area contributed by atoms with Crippen LogP contribution in [-0.4, -0.2) is 46.2 Å². The summed E-state index contributed by atoms with van der Waals surface area (Å²) in [5.74, 6) is 2.00. The maximum absolute atomic E-state index is 10.2. The molecule has 1 atom stereocenters. The number of aromatic hydroxyl groups is 1. The van der Waals surface area contributed by atoms with Crippen molar-refractivity contribution in [2.24, 2.45) is 0 Å². The van der Waals surface area contributed by atoms with Crippen molar-refractivity contribution < 1.29 is 9.84 Å². The van der Waals surface area contributed by atoms with Crippen molar-refractivity contribution in [1.82, 2.24) is 14.8 Å². The summed E-state index contributed by atoms with van der Waals surface area (Å²) in [6, 6.07) is 3.20. The minimum absolute atomic E-state index is 0.0477. The van der Waals surface area contributed by atoms with Gasteiger partial charge in [-0.05, 0) is 12.1 Å². The molecule has 1 aromatic heterocycles. The molecular weight excluding hydrogens is 339 g/mol. The number of halogens is 2. The predicted molar refractivity (Wildman–Crippen MR) is 87.6 cm³/mol. The average Bonchev–Trinajstić information content (AvgIpc) is 3.12. The van der Waals surface area contributed by atoms with E-state index in [1.54, 1.807) is 12.1 Å². The van der Waals surface area contributed by atoms with Crippen LogP contribution in [0.3, 0.4) is 0 Å². The van der Waals surface area contributed by atoms with Gasteiger partial charge in [0, 0.05) is 37.5 Å². The summed E-state index contributed by atoms with van der Waals surface area (Å²) in [7, 11) is 0. The van der Waals surface area contributed by atoms with E-state index in [-0.39, 0.29) is 11.7 Å². The van der Waals surface area contributed by atoms with Gasteiger partial charge in [0.2, 0.25) is 5.95 Å². The molecule has 0 amide bonds. The van der Waals surface area contributed by atoms with E-state index in [9.17, 15) is 5.11 Å². The van der Waals surface area contributed by atoms with Gasteiger partial charge in [-0.25, -0.2) is 0 Å². The fourth-order valence-corrected chi connectivity index (χ4v) is 3.78. The number of aromatic nitrogens is 3. The molecule has 2 aromatic rings. The number of morpholine rings is 1. The van der Waals surface area contributed by atoms with Gasteiger partial charge in [0.25, 0.3) is 0 Å². The lowest BCUT2D eigenvalue weighted by Gasteiger charge is -2.27. The Morgan fingerprint density at radius 3 is 2.74 bits per heavy atom. The topological polar surface area (TPSA) is 63.4 Å². The smallest absolute Gasteiger partial charge is 0.227 e. The molecule has 1 unspecified atom stereocenters. The Bertz CT molecular complexity index is 743. The Balaban J connectivity index is 1.64. The number of anilines is 1. The molecular formula is C15H16Cl2N4O2. The zero-order valence-corrected chi connectivity index (χ0v) is 13.9. The van der Waals surface area contributed by atoms with Crippen LogP contribution in [0.15, 0.2) is 12.1 Å². The fourth-order valence-electron chi connectivity index (χ4n) is 3.30. The van der Waals surface area contributed by atoms with Crippen LogP contribution in [0.4, 0.5) is 5.95 Å². The molecule has 0 bridgehead atoms. The maximum atomic E-state index is 10.2. The second-order valence-electron chi connectivity index (χ2n) is 5.82. The van der Waals surface area contributed by atoms with Crippen LogP contribution >= 0.6 is 23.2 Å². The van der Waals surface area contributed by atoms with Gasteiger partial charge in [-0.2, -0.15) is 0 Å². The summed E-state index contributed by atoms with van der Waals surface area (Å²) >= 11 is 12.4. The second kappa shape index (κ2) is 5.85. The zero-order valence-electron chi connectivity index (χ0n) is 12.4. The Labute approximate surface area is 143 Å². The van der Waals surface area contributed by atoms with E-state index >= 15 is 0 Å². The van der Waals surface area contributed by atoms with Gasteiger partial charge in [0.1, 0.15) is 11.6 Å². The number of phenolic OH excluding ortho intramolecular Hbond substituents is 1. The Kier molecular flexibility index (Phi) is 3.83. The van der Waals surface area contributed by atoms with Crippen LogP contribution in [0.25, 0.3) is 0 Å². The minimum Gasteiger partial charge on any atom is -0.508 e. The lowest BCUT2D eigenvalue weighted by atomic mass is 9.96. The van der Waals surface area contributed by atoms with Crippen LogP contribution in [0, 0.1) is 0 Å². The first-order valence-electron chi connectivity index (χ1n) is 7.57. The summed E-state index contributed by atoms with van der Waals surface area (Å²) in [5.41, 5.74) is 0.692. The molecule has 0 saturated carbocycles. The summed E-state index contributed by atoms with van der Waals surface area (Å²) in [4.78, 5) is 2.18. The van der Waals surface area contributed by atoms with Crippen molar-refractivity contribution >= 4 is 29.2 Å². The Hall–Kier alpha value is -1.50. The predicted octanol–water partition coefficient (Wildman–Crippen LogP) is 2.47. The molecule has 122 valence electrons. The van der Waals surface area contributed by atoms with Gasteiger partial charge in [-0.1, -0.05) is 23.2 Å². The molecule has 6 nitrogen and oxygen atoms in total. The van der Waals surface area contributed by atoms with Gasteiger partial charge in [-0.15, -0.1) is 10.2 Å². The number of nitrogens with zero attached hydrogens (tertiary/aromatic N) is 4. The van der Waals surface area contributed by atoms with Crippen LogP contribution in [0.1, 0.15) is 17.3 Å². The summed E-state index contributed by atoms with van der Waals surface area (Å²) in [6.45, 7) is 3.71. The molecule has 8 heteroatoms. The monoisotopic (exact) mass is 354 g/mol. The number of benzene rings is 1. The van der Waals surface area contributed by atoms with Crippen LogP contribution in [0.2, 0.25) is 10.0 Å². The summed E-state index contributed by atoms with van der Waals surface area (Å²) in [6.07, 6.45) is 0.685. The first-order chi connectivity index (χ1) is 11.1. The van der Waals surface area contributed by atoms with E-state index in [0.717, 1.165) is 24.9 Å². The highest BCUT2D eigenvalue weighted by atomic mass is 35.5. The Morgan fingerprint density at radius 1 is 1.17 bits per heavy atom. The van der Waals surface area contributed by atoms with Gasteiger partial charge in [-0.3, -0.25) is 4.57 Å². The van der Waals surface area contributed by atoms with Crippen molar-refractivity contribution in [3.05, 3.63) is 33.6 Å². The van der Waals surface area contributed by atoms with Crippen molar-refractivity contribution in [3.8, 4) is 5.75 Å². The third kappa shape index (κ3) is 2.55. The lowest BCUT2D eigenvalue weighted by Crippen LogP contribution is -2.38. The van der Waals surface area contributed by atoms with Gasteiger partial charge < -0.3 is 14.7 Å². The second-order valence-corrected chi connectivity index (χ2v) is 6.61. The van der Waals surface area contributed by atoms with Crippen molar-refractivity contribution in [2.45, 2.75) is 18.9 Å². The van der Waals surface area contributed by atoms with E-state index < -0.39 is 0 Å². The number of hydrogen-bond acceptors (Lipinski definition) is 5. The van der Waals surface area contributed by atoms with Crippen molar-refractivity contribution in [2.75, 3.05) is 31.2 Å². The standard InChI is InChI=1S/C15H16Cl2N4O2/c16-10-1-2-11(22)13(14(10)17)9-7-12-18-19-15(21(12)8-9)20-3-5-23-6-4-20/h1-2,9,22H,3-8H2. The van der Waals surface area contributed by atoms with Gasteiger partial charge in [0.05, 0.1) is 23.3 Å². The first kappa shape index (κ1) is 15.1. The quantitative estimate of drug-likeness (QED) is 0.897. The molecule has 1 N–H and O–H groups in total. The molecule has 0 radical (unpaired) electrons. The Morgan fingerprint density at radius 2 is 1.96 bits per heavy atom. The highest BCUT2D eigenvalue weighted by molar-refractivity contribution is 6.42. The average molecular weight is 355 g/mol. The SMILES string of the molecule is Oc1ccc(Cl)c(Cl)c1C1Cc2nnc(N3CCOCC3)n2C1. The number of rotatable bonds is 2. The largest absolute Gasteiger partial charge is 0.508 e. The van der Waals surface area contributed by atoms with E-state index in [2.05, 4.69) is 19.7 Å². The first-order valence-corrected chi connectivity index (χ1v) is 8.32. The molecule has 4 rings (SSSR count). The molecule has 1 fully saturated rings. The van der Waals surface area contributed by atoms with Gasteiger partial charge >= 0.3 is 0 Å². The van der Waals surface area contributed by atoms with Gasteiger partial charge in [0.15, 0.2) is 0 Å². The lowest BCUT2D eigenvalue weighted by molar-refractivity contribution is 0.121. The molecule has 0 aliphatic carbocycles. The summed E-state index contributed by atoms with van der Waals surface area (Å²) < 4.78 is 7.49. The van der Waals surface area contributed by atoms with E-state index in [1.165, 1.54) is 0 Å². The fraction of sp³-hybridized carbons (Fsp3) is 0.467. The third-order valence-electron chi connectivity index (χ3n) is 4.45. The van der Waals surface area contributed by atoms with Crippen molar-refractivity contribution in [1.29, 1.82) is 0 Å². The molecule has 1 aromatic carbocycles. The van der Waals surface area contributed by atoms with E-state index in [0.29, 0.717) is 41.8 Å². The highest BCUT2D eigenvalue weighted by Gasteiger charge is 2.32. The van der Waals surface area contributed by atoms with Crippen LogP contribution < -0.4 is 4.90 Å². The molecule has 1 saturated heterocycles. The maximum Gasteiger partial charge on any atom is 0.227 e. The molecule has 2 aliphatic rings.